The van der Waals surface area contributed by atoms with E-state index in [0.29, 0.717) is 5.25 Å². The molecular formula is C13H21N3S2. The minimum atomic E-state index is 0.486. The van der Waals surface area contributed by atoms with Gasteiger partial charge in [0.1, 0.15) is 5.82 Å². The van der Waals surface area contributed by atoms with Crippen LogP contribution in [-0.2, 0) is 6.54 Å². The van der Waals surface area contributed by atoms with E-state index in [-0.39, 0.29) is 0 Å². The third-order valence-corrected chi connectivity index (χ3v) is 5.70. The van der Waals surface area contributed by atoms with Crippen LogP contribution in [-0.4, -0.2) is 33.8 Å². The molecule has 2 rings (SSSR count). The first kappa shape index (κ1) is 14.2. The van der Waals surface area contributed by atoms with Crippen LogP contribution in [0.15, 0.2) is 6.20 Å². The number of nitrogens with zero attached hydrogens (tertiary/aromatic N) is 2. The van der Waals surface area contributed by atoms with Gasteiger partial charge in [0.25, 0.3) is 0 Å². The zero-order valence-electron chi connectivity index (χ0n) is 11.1. The molecular weight excluding hydrogens is 262 g/mol. The summed E-state index contributed by atoms with van der Waals surface area (Å²) in [6, 6.07) is 0. The SMILES string of the molecule is CCCNCc1cnc(C2CSCCS2)nc1C. The molecule has 1 saturated heterocycles. The van der Waals surface area contributed by atoms with E-state index in [2.05, 4.69) is 24.1 Å². The first-order valence-corrected chi connectivity index (χ1v) is 8.74. The van der Waals surface area contributed by atoms with Gasteiger partial charge in [0, 0.05) is 41.3 Å². The van der Waals surface area contributed by atoms with Crippen LogP contribution < -0.4 is 5.32 Å². The van der Waals surface area contributed by atoms with Crippen molar-refractivity contribution in [2.24, 2.45) is 0 Å². The Kier molecular flexibility index (Phi) is 5.79. The quantitative estimate of drug-likeness (QED) is 0.841. The number of nitrogens with one attached hydrogen (secondary N) is 1. The zero-order chi connectivity index (χ0) is 12.8. The van der Waals surface area contributed by atoms with Gasteiger partial charge in [-0.15, -0.1) is 11.8 Å². The van der Waals surface area contributed by atoms with Gasteiger partial charge in [0.2, 0.25) is 0 Å². The molecule has 1 fully saturated rings. The van der Waals surface area contributed by atoms with Crippen molar-refractivity contribution in [3.63, 3.8) is 0 Å². The Morgan fingerprint density at radius 2 is 2.33 bits per heavy atom. The second-order valence-corrected chi connectivity index (χ2v) is 6.91. The monoisotopic (exact) mass is 283 g/mol. The molecule has 18 heavy (non-hydrogen) atoms. The molecule has 5 heteroatoms. The van der Waals surface area contributed by atoms with Crippen LogP contribution in [0.3, 0.4) is 0 Å². The molecule has 0 spiro atoms. The third kappa shape index (κ3) is 3.87. The molecule has 100 valence electrons. The average molecular weight is 283 g/mol. The maximum atomic E-state index is 4.69. The summed E-state index contributed by atoms with van der Waals surface area (Å²) < 4.78 is 0. The molecule has 0 aliphatic carbocycles. The van der Waals surface area contributed by atoms with Gasteiger partial charge in [-0.25, -0.2) is 9.97 Å². The maximum Gasteiger partial charge on any atom is 0.142 e. The molecule has 0 saturated carbocycles. The van der Waals surface area contributed by atoms with E-state index in [4.69, 9.17) is 4.98 Å². The smallest absolute Gasteiger partial charge is 0.142 e. The largest absolute Gasteiger partial charge is 0.313 e. The van der Waals surface area contributed by atoms with Crippen LogP contribution in [0, 0.1) is 6.92 Å². The fourth-order valence-electron chi connectivity index (χ4n) is 1.88. The number of hydrogen-bond donors (Lipinski definition) is 1. The Labute approximate surface area is 118 Å². The van der Waals surface area contributed by atoms with E-state index in [1.165, 1.54) is 17.1 Å². The minimum absolute atomic E-state index is 0.486. The molecule has 0 bridgehead atoms. The highest BCUT2D eigenvalue weighted by Crippen LogP contribution is 2.34. The van der Waals surface area contributed by atoms with E-state index in [1.54, 1.807) is 0 Å². The number of aryl methyl sites for hydroxylation is 1. The van der Waals surface area contributed by atoms with Gasteiger partial charge in [-0.3, -0.25) is 0 Å². The predicted octanol–water partition coefficient (Wildman–Crippen LogP) is 2.81. The minimum Gasteiger partial charge on any atom is -0.313 e. The van der Waals surface area contributed by atoms with Gasteiger partial charge in [0.05, 0.1) is 5.25 Å². The molecule has 1 aromatic heterocycles. The molecule has 1 unspecified atom stereocenters. The molecule has 1 aliphatic rings. The van der Waals surface area contributed by atoms with Crippen molar-refractivity contribution < 1.29 is 0 Å². The zero-order valence-corrected chi connectivity index (χ0v) is 12.7. The summed E-state index contributed by atoms with van der Waals surface area (Å²) in [5.74, 6) is 4.65. The van der Waals surface area contributed by atoms with Gasteiger partial charge in [-0.1, -0.05) is 6.92 Å². The standard InChI is InChI=1S/C13H21N3S2/c1-3-4-14-7-11-8-15-13(16-10(11)2)12-9-17-5-6-18-12/h8,12,14H,3-7,9H2,1-2H3. The summed E-state index contributed by atoms with van der Waals surface area (Å²) in [4.78, 5) is 9.25. The summed E-state index contributed by atoms with van der Waals surface area (Å²) in [7, 11) is 0. The van der Waals surface area contributed by atoms with E-state index in [1.807, 2.05) is 29.7 Å². The lowest BCUT2D eigenvalue weighted by Gasteiger charge is -2.20. The van der Waals surface area contributed by atoms with E-state index >= 15 is 0 Å². The van der Waals surface area contributed by atoms with Crippen molar-refractivity contribution in [3.8, 4) is 0 Å². The lowest BCUT2D eigenvalue weighted by Crippen LogP contribution is -2.17. The van der Waals surface area contributed by atoms with Gasteiger partial charge in [-0.2, -0.15) is 11.8 Å². The van der Waals surface area contributed by atoms with Gasteiger partial charge in [0.15, 0.2) is 0 Å². The Morgan fingerprint density at radius 1 is 1.44 bits per heavy atom. The number of aromatic nitrogens is 2. The Balaban J connectivity index is 1.99. The molecule has 1 aromatic rings. The lowest BCUT2D eigenvalue weighted by atomic mass is 10.2. The highest BCUT2D eigenvalue weighted by molar-refractivity contribution is 8.06. The molecule has 0 aromatic carbocycles. The Bertz CT molecular complexity index is 378. The Hall–Kier alpha value is -0.260. The van der Waals surface area contributed by atoms with E-state index in [9.17, 15) is 0 Å². The highest BCUT2D eigenvalue weighted by atomic mass is 32.2. The van der Waals surface area contributed by atoms with Crippen molar-refractivity contribution in [1.82, 2.24) is 15.3 Å². The molecule has 1 N–H and O–H groups in total. The first-order chi connectivity index (χ1) is 8.81. The van der Waals surface area contributed by atoms with Gasteiger partial charge in [-0.05, 0) is 19.9 Å². The molecule has 1 atom stereocenters. The predicted molar refractivity (Wildman–Crippen MR) is 81.3 cm³/mol. The van der Waals surface area contributed by atoms with Crippen molar-refractivity contribution in [3.05, 3.63) is 23.3 Å². The highest BCUT2D eigenvalue weighted by Gasteiger charge is 2.19. The summed E-state index contributed by atoms with van der Waals surface area (Å²) in [5, 5.41) is 3.89. The summed E-state index contributed by atoms with van der Waals surface area (Å²) in [6.45, 7) is 6.20. The fourth-order valence-corrected chi connectivity index (χ4v) is 4.48. The van der Waals surface area contributed by atoms with Crippen LogP contribution in [0.25, 0.3) is 0 Å². The molecule has 0 radical (unpaired) electrons. The number of rotatable bonds is 5. The van der Waals surface area contributed by atoms with Crippen molar-refractivity contribution in [2.45, 2.75) is 32.1 Å². The van der Waals surface area contributed by atoms with Gasteiger partial charge >= 0.3 is 0 Å². The first-order valence-electron chi connectivity index (χ1n) is 6.53. The van der Waals surface area contributed by atoms with Crippen molar-refractivity contribution >= 4 is 23.5 Å². The van der Waals surface area contributed by atoms with Crippen LogP contribution in [0.2, 0.25) is 0 Å². The van der Waals surface area contributed by atoms with Crippen LogP contribution in [0.5, 0.6) is 0 Å². The van der Waals surface area contributed by atoms with Crippen molar-refractivity contribution in [2.75, 3.05) is 23.8 Å². The fraction of sp³-hybridized carbons (Fsp3) is 0.692. The summed E-state index contributed by atoms with van der Waals surface area (Å²) in [6.07, 6.45) is 3.16. The summed E-state index contributed by atoms with van der Waals surface area (Å²) >= 11 is 4.00. The average Bonchev–Trinajstić information content (AvgIpc) is 2.42. The number of hydrogen-bond acceptors (Lipinski definition) is 5. The maximum absolute atomic E-state index is 4.69. The third-order valence-electron chi connectivity index (χ3n) is 2.95. The number of thioether (sulfide) groups is 2. The van der Waals surface area contributed by atoms with Crippen LogP contribution >= 0.6 is 23.5 Å². The van der Waals surface area contributed by atoms with Gasteiger partial charge < -0.3 is 5.32 Å². The topological polar surface area (TPSA) is 37.8 Å². The summed E-state index contributed by atoms with van der Waals surface area (Å²) in [5.41, 5.74) is 2.35. The van der Waals surface area contributed by atoms with E-state index < -0.39 is 0 Å². The molecule has 2 heterocycles. The normalized spacial score (nSPS) is 20.0. The van der Waals surface area contributed by atoms with Crippen LogP contribution in [0.1, 0.15) is 35.7 Å². The van der Waals surface area contributed by atoms with Crippen LogP contribution in [0.4, 0.5) is 0 Å². The molecule has 0 amide bonds. The molecule has 1 aliphatic heterocycles. The second kappa shape index (κ2) is 7.36. The second-order valence-electron chi connectivity index (χ2n) is 4.45. The lowest BCUT2D eigenvalue weighted by molar-refractivity contribution is 0.666. The molecule has 3 nitrogen and oxygen atoms in total. The van der Waals surface area contributed by atoms with E-state index in [0.717, 1.165) is 36.8 Å². The Morgan fingerprint density at radius 3 is 3.00 bits per heavy atom. The van der Waals surface area contributed by atoms with Crippen molar-refractivity contribution in [1.29, 1.82) is 0 Å².